The van der Waals surface area contributed by atoms with Crippen molar-refractivity contribution in [3.63, 3.8) is 0 Å². The molecule has 0 aromatic heterocycles. The molecule has 1 saturated heterocycles. The molecule has 0 saturated carbocycles. The van der Waals surface area contributed by atoms with Crippen LogP contribution in [0.3, 0.4) is 0 Å². The van der Waals surface area contributed by atoms with E-state index in [-0.39, 0.29) is 0 Å². The number of benzene rings is 1. The molecule has 0 radical (unpaired) electrons. The molecule has 0 spiro atoms. The van der Waals surface area contributed by atoms with Gasteiger partial charge in [-0.15, -0.1) is 0 Å². The van der Waals surface area contributed by atoms with E-state index in [0.717, 1.165) is 19.1 Å². The van der Waals surface area contributed by atoms with Crippen molar-refractivity contribution < 1.29 is 0 Å². The number of halogens is 2. The van der Waals surface area contributed by atoms with Gasteiger partial charge >= 0.3 is 0 Å². The van der Waals surface area contributed by atoms with E-state index in [9.17, 15) is 0 Å². The van der Waals surface area contributed by atoms with Crippen molar-refractivity contribution in [2.75, 3.05) is 19.6 Å². The molecule has 1 N–H and O–H groups in total. The summed E-state index contributed by atoms with van der Waals surface area (Å²) in [5.41, 5.74) is 1.19. The third-order valence-electron chi connectivity index (χ3n) is 4.05. The third-order valence-corrected chi connectivity index (χ3v) is 4.79. The quantitative estimate of drug-likeness (QED) is 0.785. The van der Waals surface area contributed by atoms with Crippen LogP contribution in [0.5, 0.6) is 0 Å². The van der Waals surface area contributed by atoms with Crippen LogP contribution in [0.15, 0.2) is 18.2 Å². The van der Waals surface area contributed by atoms with Gasteiger partial charge in [0, 0.05) is 12.6 Å². The predicted octanol–water partition coefficient (Wildman–Crippen LogP) is 4.35. The molecule has 1 aromatic rings. The van der Waals surface area contributed by atoms with Gasteiger partial charge in [-0.2, -0.15) is 0 Å². The number of nitrogens with one attached hydrogen (secondary N) is 1. The van der Waals surface area contributed by atoms with Crippen molar-refractivity contribution in [1.82, 2.24) is 10.2 Å². The Hall–Kier alpha value is -0.280. The summed E-state index contributed by atoms with van der Waals surface area (Å²) < 4.78 is 0. The maximum Gasteiger partial charge on any atom is 0.0595 e. The van der Waals surface area contributed by atoms with E-state index >= 15 is 0 Å². The fourth-order valence-electron chi connectivity index (χ4n) is 2.78. The van der Waals surface area contributed by atoms with Gasteiger partial charge in [0.05, 0.1) is 10.0 Å². The highest BCUT2D eigenvalue weighted by Crippen LogP contribution is 2.22. The van der Waals surface area contributed by atoms with Crippen molar-refractivity contribution in [3.8, 4) is 0 Å². The van der Waals surface area contributed by atoms with E-state index in [1.165, 1.54) is 44.3 Å². The van der Waals surface area contributed by atoms with Crippen LogP contribution in [0.1, 0.15) is 38.2 Å². The highest BCUT2D eigenvalue weighted by Gasteiger charge is 2.16. The van der Waals surface area contributed by atoms with Crippen LogP contribution >= 0.6 is 23.2 Å². The topological polar surface area (TPSA) is 15.3 Å². The summed E-state index contributed by atoms with van der Waals surface area (Å²) in [5.74, 6) is 0. The first-order valence-corrected chi connectivity index (χ1v) is 8.31. The average Bonchev–Trinajstić information content (AvgIpc) is 2.44. The Morgan fingerprint density at radius 3 is 2.85 bits per heavy atom. The van der Waals surface area contributed by atoms with Crippen LogP contribution < -0.4 is 5.32 Å². The second-order valence-electron chi connectivity index (χ2n) is 5.66. The van der Waals surface area contributed by atoms with Crippen LogP contribution in [0.4, 0.5) is 0 Å². The molecule has 0 amide bonds. The lowest BCUT2D eigenvalue weighted by molar-refractivity contribution is 0.159. The zero-order chi connectivity index (χ0) is 14.4. The number of rotatable bonds is 6. The largest absolute Gasteiger partial charge is 0.313 e. The van der Waals surface area contributed by atoms with Crippen LogP contribution in [-0.2, 0) is 6.54 Å². The van der Waals surface area contributed by atoms with Gasteiger partial charge in [0.15, 0.2) is 0 Å². The molecule has 112 valence electrons. The molecule has 1 heterocycles. The highest BCUT2D eigenvalue weighted by atomic mass is 35.5. The lowest BCUT2D eigenvalue weighted by Gasteiger charge is -2.33. The van der Waals surface area contributed by atoms with Crippen molar-refractivity contribution in [2.24, 2.45) is 0 Å². The molecule has 0 unspecified atom stereocenters. The Morgan fingerprint density at radius 2 is 2.10 bits per heavy atom. The first-order chi connectivity index (χ1) is 9.66. The molecule has 1 aromatic carbocycles. The smallest absolute Gasteiger partial charge is 0.0595 e. The minimum absolute atomic E-state index is 0.620. The first-order valence-electron chi connectivity index (χ1n) is 7.55. The summed E-state index contributed by atoms with van der Waals surface area (Å²) >= 11 is 11.9. The summed E-state index contributed by atoms with van der Waals surface area (Å²) in [6, 6.07) is 6.58. The molecule has 4 heteroatoms. The van der Waals surface area contributed by atoms with Crippen LogP contribution in [0.2, 0.25) is 10.0 Å². The number of likely N-dealkylation sites (tertiary alicyclic amines) is 1. The lowest BCUT2D eigenvalue weighted by atomic mass is 10.0. The summed E-state index contributed by atoms with van der Waals surface area (Å²) in [6.45, 7) is 6.72. The SMILES string of the molecule is C[C@H]1CCCCN1CCCNCc1ccc(Cl)c(Cl)c1. The van der Waals surface area contributed by atoms with Crippen molar-refractivity contribution in [3.05, 3.63) is 33.8 Å². The molecule has 0 bridgehead atoms. The van der Waals surface area contributed by atoms with E-state index < -0.39 is 0 Å². The van der Waals surface area contributed by atoms with Gasteiger partial charge in [-0.1, -0.05) is 35.7 Å². The maximum absolute atomic E-state index is 6.01. The first kappa shape index (κ1) is 16.1. The fourth-order valence-corrected chi connectivity index (χ4v) is 3.10. The molecule has 1 aliphatic rings. The fraction of sp³-hybridized carbons (Fsp3) is 0.625. The van der Waals surface area contributed by atoms with Crippen molar-refractivity contribution >= 4 is 23.2 Å². The zero-order valence-electron chi connectivity index (χ0n) is 12.2. The number of nitrogens with zero attached hydrogens (tertiary/aromatic N) is 1. The van der Waals surface area contributed by atoms with E-state index in [2.05, 4.69) is 17.1 Å². The number of hydrogen-bond acceptors (Lipinski definition) is 2. The maximum atomic E-state index is 6.01. The molecular formula is C16H24Cl2N2. The Morgan fingerprint density at radius 1 is 1.25 bits per heavy atom. The summed E-state index contributed by atoms with van der Waals surface area (Å²) in [7, 11) is 0. The molecule has 2 nitrogen and oxygen atoms in total. The Labute approximate surface area is 132 Å². The summed E-state index contributed by atoms with van der Waals surface area (Å²) in [6.07, 6.45) is 5.32. The van der Waals surface area contributed by atoms with Gasteiger partial charge in [-0.25, -0.2) is 0 Å². The van der Waals surface area contributed by atoms with Gasteiger partial charge in [0.1, 0.15) is 0 Å². The van der Waals surface area contributed by atoms with Gasteiger partial charge < -0.3 is 10.2 Å². The van der Waals surface area contributed by atoms with Gasteiger partial charge in [-0.05, 0) is 63.5 Å². The minimum Gasteiger partial charge on any atom is -0.313 e. The van der Waals surface area contributed by atoms with Crippen LogP contribution in [0.25, 0.3) is 0 Å². The molecule has 0 aliphatic carbocycles. The standard InChI is InChI=1S/C16H24Cl2N2/c1-13-5-2-3-9-20(13)10-4-8-19-12-14-6-7-15(17)16(18)11-14/h6-7,11,13,19H,2-5,8-10,12H2,1H3/t13-/m0/s1. The van der Waals surface area contributed by atoms with E-state index in [1.807, 2.05) is 18.2 Å². The Balaban J connectivity index is 1.62. The zero-order valence-corrected chi connectivity index (χ0v) is 13.7. The highest BCUT2D eigenvalue weighted by molar-refractivity contribution is 6.42. The summed E-state index contributed by atoms with van der Waals surface area (Å²) in [5, 5.41) is 4.73. The minimum atomic E-state index is 0.620. The normalized spacial score (nSPS) is 20.2. The molecule has 1 aliphatic heterocycles. The molecule has 20 heavy (non-hydrogen) atoms. The second kappa shape index (κ2) is 8.23. The van der Waals surface area contributed by atoms with E-state index in [1.54, 1.807) is 0 Å². The second-order valence-corrected chi connectivity index (χ2v) is 6.47. The third kappa shape index (κ3) is 4.92. The Bertz CT molecular complexity index is 423. The summed E-state index contributed by atoms with van der Waals surface area (Å²) in [4.78, 5) is 2.62. The predicted molar refractivity (Wildman–Crippen MR) is 87.7 cm³/mol. The van der Waals surface area contributed by atoms with Gasteiger partial charge in [0.25, 0.3) is 0 Å². The van der Waals surface area contributed by atoms with E-state index in [4.69, 9.17) is 23.2 Å². The van der Waals surface area contributed by atoms with Crippen molar-refractivity contribution in [1.29, 1.82) is 0 Å². The average molecular weight is 315 g/mol. The lowest BCUT2D eigenvalue weighted by Crippen LogP contribution is -2.38. The number of piperidine rings is 1. The van der Waals surface area contributed by atoms with Gasteiger partial charge in [0.2, 0.25) is 0 Å². The van der Waals surface area contributed by atoms with Gasteiger partial charge in [-0.3, -0.25) is 0 Å². The molecule has 1 fully saturated rings. The molecular weight excluding hydrogens is 291 g/mol. The van der Waals surface area contributed by atoms with Crippen LogP contribution in [0, 0.1) is 0 Å². The van der Waals surface area contributed by atoms with Crippen LogP contribution in [-0.4, -0.2) is 30.6 Å². The Kier molecular flexibility index (Phi) is 6.63. The monoisotopic (exact) mass is 314 g/mol. The van der Waals surface area contributed by atoms with E-state index in [0.29, 0.717) is 10.0 Å². The number of hydrogen-bond donors (Lipinski definition) is 1. The molecule has 2 rings (SSSR count). The molecule has 1 atom stereocenters. The van der Waals surface area contributed by atoms with Crippen molar-refractivity contribution in [2.45, 2.75) is 45.2 Å².